The maximum Gasteiger partial charge on any atom is 0.324 e. The Morgan fingerprint density at radius 2 is 1.79 bits per heavy atom. The van der Waals surface area contributed by atoms with E-state index < -0.39 is 6.04 Å². The van der Waals surface area contributed by atoms with Crippen molar-refractivity contribution in [1.82, 2.24) is 15.1 Å². The van der Waals surface area contributed by atoms with E-state index in [0.29, 0.717) is 19.6 Å². The van der Waals surface area contributed by atoms with Crippen LogP contribution in [0.15, 0.2) is 36.4 Å². The molecule has 0 saturated carbocycles. The molecule has 7 nitrogen and oxygen atoms in total. The quantitative estimate of drug-likeness (QED) is 0.796. The number of hydrogen-bond acceptors (Lipinski definition) is 4. The molecule has 1 N–H and O–H groups in total. The smallest absolute Gasteiger partial charge is 0.324 e. The van der Waals surface area contributed by atoms with Crippen molar-refractivity contribution in [3.05, 3.63) is 42.0 Å². The summed E-state index contributed by atoms with van der Waals surface area (Å²) in [7, 11) is 0. The van der Waals surface area contributed by atoms with Crippen LogP contribution in [-0.4, -0.2) is 66.4 Å². The highest BCUT2D eigenvalue weighted by Crippen LogP contribution is 2.30. The lowest BCUT2D eigenvalue weighted by Crippen LogP contribution is -2.53. The van der Waals surface area contributed by atoms with Gasteiger partial charge in [-0.25, -0.2) is 4.79 Å². The molecule has 3 aliphatic rings. The van der Waals surface area contributed by atoms with Crippen LogP contribution in [0.4, 0.5) is 10.5 Å². The van der Waals surface area contributed by atoms with Crippen molar-refractivity contribution in [3.8, 4) is 0 Å². The van der Waals surface area contributed by atoms with Gasteiger partial charge in [0.1, 0.15) is 6.04 Å². The van der Waals surface area contributed by atoms with Crippen LogP contribution in [0.25, 0.3) is 10.8 Å². The zero-order valence-electron chi connectivity index (χ0n) is 16.3. The molecule has 0 aliphatic carbocycles. The molecule has 3 fully saturated rings. The zero-order valence-corrected chi connectivity index (χ0v) is 16.3. The summed E-state index contributed by atoms with van der Waals surface area (Å²) in [6, 6.07) is 11.2. The van der Waals surface area contributed by atoms with Crippen molar-refractivity contribution in [1.29, 1.82) is 0 Å². The fraction of sp³-hybridized carbons (Fsp3) is 0.409. The summed E-state index contributed by atoms with van der Waals surface area (Å²) >= 11 is 0. The molecule has 2 aromatic rings. The monoisotopic (exact) mass is 392 g/mol. The molecular weight excluding hydrogens is 368 g/mol. The highest BCUT2D eigenvalue weighted by molar-refractivity contribution is 6.05. The lowest BCUT2D eigenvalue weighted by Gasteiger charge is -2.37. The first-order valence-electron chi connectivity index (χ1n) is 10.3. The Kier molecular flexibility index (Phi) is 4.38. The molecule has 7 heteroatoms. The van der Waals surface area contributed by atoms with Crippen molar-refractivity contribution in [2.24, 2.45) is 0 Å². The number of piperazine rings is 1. The van der Waals surface area contributed by atoms with Gasteiger partial charge in [-0.05, 0) is 42.8 Å². The summed E-state index contributed by atoms with van der Waals surface area (Å²) in [4.78, 5) is 42.5. The van der Waals surface area contributed by atoms with Crippen molar-refractivity contribution in [2.45, 2.75) is 25.3 Å². The Hall–Kier alpha value is -3.09. The fourth-order valence-corrected chi connectivity index (χ4v) is 4.68. The van der Waals surface area contributed by atoms with Gasteiger partial charge < -0.3 is 14.7 Å². The van der Waals surface area contributed by atoms with Gasteiger partial charge in [0.25, 0.3) is 11.8 Å². The van der Waals surface area contributed by atoms with Crippen molar-refractivity contribution in [3.63, 3.8) is 0 Å². The number of anilines is 1. The molecule has 0 bridgehead atoms. The van der Waals surface area contributed by atoms with Gasteiger partial charge in [0.05, 0.1) is 0 Å². The number of nitrogens with one attached hydrogen (secondary N) is 1. The number of carbonyl (C=O) groups is 3. The van der Waals surface area contributed by atoms with Crippen LogP contribution in [0, 0.1) is 0 Å². The summed E-state index contributed by atoms with van der Waals surface area (Å²) in [5.41, 5.74) is 1.76. The third-order valence-electron chi connectivity index (χ3n) is 6.26. The molecule has 1 atom stereocenters. The number of likely N-dealkylation sites (tertiary alicyclic amines) is 1. The largest absolute Gasteiger partial charge is 0.367 e. The molecule has 2 aromatic carbocycles. The van der Waals surface area contributed by atoms with Crippen LogP contribution in [0.1, 0.15) is 29.6 Å². The molecule has 29 heavy (non-hydrogen) atoms. The molecule has 0 radical (unpaired) electrons. The number of rotatable bonds is 2. The summed E-state index contributed by atoms with van der Waals surface area (Å²) in [5, 5.41) is 4.47. The second-order valence-corrected chi connectivity index (χ2v) is 8.02. The molecule has 3 heterocycles. The van der Waals surface area contributed by atoms with E-state index in [9.17, 15) is 14.4 Å². The highest BCUT2D eigenvalue weighted by Gasteiger charge is 2.42. The van der Waals surface area contributed by atoms with Gasteiger partial charge in [0.15, 0.2) is 0 Å². The Labute approximate surface area is 169 Å². The Morgan fingerprint density at radius 1 is 0.966 bits per heavy atom. The van der Waals surface area contributed by atoms with E-state index in [-0.39, 0.29) is 17.8 Å². The first-order valence-corrected chi connectivity index (χ1v) is 10.3. The second kappa shape index (κ2) is 7.06. The van der Waals surface area contributed by atoms with Crippen LogP contribution in [0.2, 0.25) is 0 Å². The molecule has 0 spiro atoms. The van der Waals surface area contributed by atoms with Crippen LogP contribution in [-0.2, 0) is 4.79 Å². The standard InChI is InChI=1S/C22H24N4O3/c27-20-19-14-25(11-12-26(19)22(29)23-20)18-6-4-5-15-13-16(7-8-17(15)18)21(28)24-9-2-1-3-10-24/h4-8,13,19H,1-3,9-12,14H2,(H,23,27,29). The average Bonchev–Trinajstić information content (AvgIpc) is 3.06. The number of urea groups is 1. The average molecular weight is 392 g/mol. The third-order valence-corrected chi connectivity index (χ3v) is 6.26. The fourth-order valence-electron chi connectivity index (χ4n) is 4.68. The molecule has 5 rings (SSSR count). The summed E-state index contributed by atoms with van der Waals surface area (Å²) < 4.78 is 0. The highest BCUT2D eigenvalue weighted by atomic mass is 16.2. The lowest BCUT2D eigenvalue weighted by molar-refractivity contribution is -0.121. The van der Waals surface area contributed by atoms with Crippen LogP contribution >= 0.6 is 0 Å². The molecule has 3 aliphatic heterocycles. The van der Waals surface area contributed by atoms with E-state index in [2.05, 4.69) is 10.2 Å². The van der Waals surface area contributed by atoms with E-state index in [1.165, 1.54) is 6.42 Å². The van der Waals surface area contributed by atoms with Crippen molar-refractivity contribution in [2.75, 3.05) is 37.6 Å². The summed E-state index contributed by atoms with van der Waals surface area (Å²) in [6.45, 7) is 3.34. The first-order chi connectivity index (χ1) is 14.1. The molecule has 3 saturated heterocycles. The maximum atomic E-state index is 12.9. The normalized spacial score (nSPS) is 22.1. The number of imide groups is 1. The minimum Gasteiger partial charge on any atom is -0.367 e. The molecule has 150 valence electrons. The minimum absolute atomic E-state index is 0.103. The number of benzene rings is 2. The van der Waals surface area contributed by atoms with Crippen molar-refractivity contribution < 1.29 is 14.4 Å². The van der Waals surface area contributed by atoms with E-state index in [1.54, 1.807) is 4.90 Å². The van der Waals surface area contributed by atoms with Crippen LogP contribution < -0.4 is 10.2 Å². The number of nitrogens with zero attached hydrogens (tertiary/aromatic N) is 3. The number of amides is 4. The van der Waals surface area contributed by atoms with Gasteiger partial charge in [-0.3, -0.25) is 14.9 Å². The molecule has 1 unspecified atom stereocenters. The molecular formula is C22H24N4O3. The number of fused-ring (bicyclic) bond motifs is 2. The Balaban J connectivity index is 1.43. The third kappa shape index (κ3) is 3.10. The van der Waals surface area contributed by atoms with Crippen molar-refractivity contribution >= 4 is 34.3 Å². The summed E-state index contributed by atoms with van der Waals surface area (Å²) in [6.07, 6.45) is 3.35. The predicted octanol–water partition coefficient (Wildman–Crippen LogP) is 2.21. The van der Waals surface area contributed by atoms with E-state index in [1.807, 2.05) is 41.3 Å². The van der Waals surface area contributed by atoms with Crippen LogP contribution in [0.5, 0.6) is 0 Å². The Morgan fingerprint density at radius 3 is 2.62 bits per heavy atom. The van der Waals surface area contributed by atoms with Gasteiger partial charge in [0.2, 0.25) is 0 Å². The molecule has 0 aromatic heterocycles. The number of carbonyl (C=O) groups excluding carboxylic acids is 3. The maximum absolute atomic E-state index is 12.9. The van der Waals surface area contributed by atoms with E-state index in [0.717, 1.165) is 48.0 Å². The topological polar surface area (TPSA) is 73.0 Å². The van der Waals surface area contributed by atoms with Gasteiger partial charge in [0, 0.05) is 49.4 Å². The minimum atomic E-state index is -0.438. The second-order valence-electron chi connectivity index (χ2n) is 8.02. The van der Waals surface area contributed by atoms with Gasteiger partial charge in [-0.2, -0.15) is 0 Å². The van der Waals surface area contributed by atoms with Gasteiger partial charge in [-0.1, -0.05) is 18.2 Å². The summed E-state index contributed by atoms with van der Waals surface area (Å²) in [5.74, 6) is -0.124. The molecule has 4 amide bonds. The lowest BCUT2D eigenvalue weighted by atomic mass is 10.0. The first kappa shape index (κ1) is 18.0. The van der Waals surface area contributed by atoms with Gasteiger partial charge >= 0.3 is 6.03 Å². The van der Waals surface area contributed by atoms with Gasteiger partial charge in [-0.15, -0.1) is 0 Å². The van der Waals surface area contributed by atoms with E-state index >= 15 is 0 Å². The van der Waals surface area contributed by atoms with Crippen LogP contribution in [0.3, 0.4) is 0 Å². The SMILES string of the molecule is O=C1NC(=O)N2CCN(c3cccc4cc(C(=O)N5CCCCC5)ccc34)CC12. The zero-order chi connectivity index (χ0) is 20.0. The number of hydrogen-bond donors (Lipinski definition) is 1. The van der Waals surface area contributed by atoms with E-state index in [4.69, 9.17) is 0 Å². The number of piperidine rings is 1. The Bertz CT molecular complexity index is 999. The predicted molar refractivity (Wildman–Crippen MR) is 110 cm³/mol.